The van der Waals surface area contributed by atoms with Crippen LogP contribution in [0.4, 0.5) is 0 Å². The first-order chi connectivity index (χ1) is 7.38. The maximum atomic E-state index is 11.9. The van der Waals surface area contributed by atoms with Crippen molar-refractivity contribution in [3.05, 3.63) is 0 Å². The number of ketones is 1. The second-order valence-electron chi connectivity index (χ2n) is 7.47. The van der Waals surface area contributed by atoms with Crippen molar-refractivity contribution in [3.8, 4) is 0 Å². The Morgan fingerprint density at radius 1 is 1.12 bits per heavy atom. The summed E-state index contributed by atoms with van der Waals surface area (Å²) in [7, 11) is 0. The molecule has 0 saturated heterocycles. The third kappa shape index (κ3) is 1.05. The zero-order valence-corrected chi connectivity index (χ0v) is 11.0. The number of carbonyl (C=O) groups excluding carboxylic acids is 1. The number of Topliss-reactive ketones (excluding diaryl/α,β-unsaturated/α-hetero) is 1. The largest absolute Gasteiger partial charge is 0.299 e. The van der Waals surface area contributed by atoms with Crippen molar-refractivity contribution in [1.29, 1.82) is 0 Å². The Balaban J connectivity index is 2.03. The van der Waals surface area contributed by atoms with E-state index < -0.39 is 0 Å². The van der Waals surface area contributed by atoms with Crippen molar-refractivity contribution in [2.75, 3.05) is 0 Å². The first-order valence-corrected chi connectivity index (χ1v) is 6.91. The number of fused-ring (bicyclic) bond motifs is 2. The second-order valence-corrected chi connectivity index (χ2v) is 7.47. The monoisotopic (exact) mass is 220 g/mol. The molecule has 4 aliphatic carbocycles. The molecule has 0 aromatic rings. The zero-order valence-electron chi connectivity index (χ0n) is 11.0. The van der Waals surface area contributed by atoms with Crippen molar-refractivity contribution >= 4 is 5.78 Å². The van der Waals surface area contributed by atoms with Gasteiger partial charge in [-0.3, -0.25) is 4.79 Å². The van der Waals surface area contributed by atoms with E-state index in [9.17, 15) is 4.79 Å². The quantitative estimate of drug-likeness (QED) is 0.608. The van der Waals surface area contributed by atoms with Crippen LogP contribution in [0.2, 0.25) is 0 Å². The Labute approximate surface area is 99.0 Å². The molecule has 1 heteroatoms. The lowest BCUT2D eigenvalue weighted by atomic mass is 9.36. The molecule has 4 fully saturated rings. The summed E-state index contributed by atoms with van der Waals surface area (Å²) in [6.45, 7) is 9.52. The SMILES string of the molecule is C[C@@H]1C(=O)C[C@@H]2[C@@H]3C1C2(C)CCCC3(C)C. The summed E-state index contributed by atoms with van der Waals surface area (Å²) in [5.74, 6) is 3.10. The highest BCUT2D eigenvalue weighted by Crippen LogP contribution is 2.72. The number of rotatable bonds is 0. The molecule has 0 amide bonds. The van der Waals surface area contributed by atoms with Gasteiger partial charge in [-0.2, -0.15) is 0 Å². The van der Waals surface area contributed by atoms with E-state index >= 15 is 0 Å². The van der Waals surface area contributed by atoms with Gasteiger partial charge in [-0.25, -0.2) is 0 Å². The fourth-order valence-corrected chi connectivity index (χ4v) is 5.52. The van der Waals surface area contributed by atoms with Gasteiger partial charge in [0.25, 0.3) is 0 Å². The standard InChI is InChI=1S/C15H24O/c1-9-11(16)8-10-13-12(9)15(10,4)7-5-6-14(13,2)3/h9-10,12-13H,5-8H2,1-4H3/t9-,10-,12?,13-,15?/m1/s1. The van der Waals surface area contributed by atoms with Crippen molar-refractivity contribution in [2.45, 2.75) is 53.4 Å². The molecule has 0 heterocycles. The fraction of sp³-hybridized carbons (Fsp3) is 0.933. The minimum absolute atomic E-state index is 0.331. The Bertz CT molecular complexity index is 343. The summed E-state index contributed by atoms with van der Waals surface area (Å²) in [6.07, 6.45) is 4.97. The van der Waals surface area contributed by atoms with Gasteiger partial charge in [-0.1, -0.05) is 34.1 Å². The Kier molecular flexibility index (Phi) is 1.97. The maximum Gasteiger partial charge on any atom is 0.136 e. The Morgan fingerprint density at radius 2 is 1.81 bits per heavy atom. The summed E-state index contributed by atoms with van der Waals surface area (Å²) in [4.78, 5) is 11.9. The van der Waals surface area contributed by atoms with Crippen molar-refractivity contribution < 1.29 is 4.79 Å². The second kappa shape index (κ2) is 2.91. The van der Waals surface area contributed by atoms with Gasteiger partial charge in [-0.15, -0.1) is 0 Å². The fourth-order valence-electron chi connectivity index (χ4n) is 5.52. The summed E-state index contributed by atoms with van der Waals surface area (Å²) in [5.41, 5.74) is 0.978. The van der Waals surface area contributed by atoms with Crippen LogP contribution in [-0.2, 0) is 4.79 Å². The van der Waals surface area contributed by atoms with E-state index in [0.717, 1.165) is 12.3 Å². The molecular formula is C15H24O. The van der Waals surface area contributed by atoms with Crippen LogP contribution in [0.25, 0.3) is 0 Å². The molecule has 0 aromatic carbocycles. The van der Waals surface area contributed by atoms with Crippen LogP contribution in [0.5, 0.6) is 0 Å². The van der Waals surface area contributed by atoms with E-state index in [2.05, 4.69) is 27.7 Å². The highest BCUT2D eigenvalue weighted by molar-refractivity contribution is 5.83. The van der Waals surface area contributed by atoms with Gasteiger partial charge >= 0.3 is 0 Å². The molecule has 0 spiro atoms. The predicted molar refractivity (Wildman–Crippen MR) is 65.0 cm³/mol. The van der Waals surface area contributed by atoms with E-state index in [4.69, 9.17) is 0 Å². The molecule has 4 bridgehead atoms. The summed E-state index contributed by atoms with van der Waals surface area (Å²) in [6, 6.07) is 0. The van der Waals surface area contributed by atoms with Crippen LogP contribution in [0, 0.1) is 34.5 Å². The van der Waals surface area contributed by atoms with Crippen LogP contribution >= 0.6 is 0 Å². The van der Waals surface area contributed by atoms with E-state index in [-0.39, 0.29) is 0 Å². The predicted octanol–water partition coefficient (Wildman–Crippen LogP) is 3.67. The molecule has 1 nitrogen and oxygen atoms in total. The van der Waals surface area contributed by atoms with Gasteiger partial charge in [0.2, 0.25) is 0 Å². The normalized spacial score (nSPS) is 54.1. The molecule has 0 aromatic heterocycles. The van der Waals surface area contributed by atoms with Crippen molar-refractivity contribution in [2.24, 2.45) is 34.5 Å². The molecular weight excluding hydrogens is 196 g/mol. The molecule has 16 heavy (non-hydrogen) atoms. The van der Waals surface area contributed by atoms with E-state index in [1.54, 1.807) is 0 Å². The van der Waals surface area contributed by atoms with Crippen LogP contribution in [-0.4, -0.2) is 5.78 Å². The topological polar surface area (TPSA) is 17.1 Å². The third-order valence-corrected chi connectivity index (χ3v) is 6.34. The lowest BCUT2D eigenvalue weighted by Gasteiger charge is -2.68. The average molecular weight is 220 g/mol. The molecule has 0 aliphatic heterocycles. The first kappa shape index (κ1) is 10.8. The first-order valence-electron chi connectivity index (χ1n) is 6.91. The van der Waals surface area contributed by atoms with Crippen LogP contribution in [0.1, 0.15) is 53.4 Å². The zero-order chi connectivity index (χ0) is 11.7. The third-order valence-electron chi connectivity index (χ3n) is 6.34. The molecule has 0 N–H and O–H groups in total. The molecule has 5 atom stereocenters. The highest BCUT2D eigenvalue weighted by atomic mass is 16.1. The van der Waals surface area contributed by atoms with E-state index in [0.29, 0.717) is 34.4 Å². The lowest BCUT2D eigenvalue weighted by molar-refractivity contribution is -0.204. The summed E-state index contributed by atoms with van der Waals surface area (Å²) >= 11 is 0. The number of hydrogen-bond donors (Lipinski definition) is 0. The van der Waals surface area contributed by atoms with Crippen molar-refractivity contribution in [1.82, 2.24) is 0 Å². The summed E-state index contributed by atoms with van der Waals surface area (Å²) < 4.78 is 0. The van der Waals surface area contributed by atoms with Gasteiger partial charge in [0.05, 0.1) is 0 Å². The minimum Gasteiger partial charge on any atom is -0.299 e. The van der Waals surface area contributed by atoms with E-state index in [1.165, 1.54) is 19.3 Å². The molecule has 90 valence electrons. The van der Waals surface area contributed by atoms with Crippen LogP contribution in [0.15, 0.2) is 0 Å². The molecule has 4 saturated carbocycles. The van der Waals surface area contributed by atoms with Gasteiger partial charge in [0, 0.05) is 12.3 Å². The lowest BCUT2D eigenvalue weighted by Crippen LogP contribution is -2.65. The van der Waals surface area contributed by atoms with Gasteiger partial charge in [0.1, 0.15) is 5.78 Å². The van der Waals surface area contributed by atoms with Crippen LogP contribution < -0.4 is 0 Å². The minimum atomic E-state index is 0.331. The van der Waals surface area contributed by atoms with Gasteiger partial charge < -0.3 is 0 Å². The Morgan fingerprint density at radius 3 is 2.44 bits per heavy atom. The molecule has 4 aliphatic rings. The highest BCUT2D eigenvalue weighted by Gasteiger charge is 2.68. The van der Waals surface area contributed by atoms with Crippen molar-refractivity contribution in [3.63, 3.8) is 0 Å². The van der Waals surface area contributed by atoms with Gasteiger partial charge in [-0.05, 0) is 41.4 Å². The van der Waals surface area contributed by atoms with E-state index in [1.807, 2.05) is 0 Å². The molecule has 4 rings (SSSR count). The molecule has 2 unspecified atom stereocenters. The smallest absolute Gasteiger partial charge is 0.136 e. The number of hydrogen-bond acceptors (Lipinski definition) is 1. The van der Waals surface area contributed by atoms with Crippen LogP contribution in [0.3, 0.4) is 0 Å². The molecule has 0 radical (unpaired) electrons. The van der Waals surface area contributed by atoms with Gasteiger partial charge in [0.15, 0.2) is 0 Å². The average Bonchev–Trinajstić information content (AvgIpc) is 2.34. The Hall–Kier alpha value is -0.330. The summed E-state index contributed by atoms with van der Waals surface area (Å²) in [5, 5.41) is 0. The maximum absolute atomic E-state index is 11.9. The number of carbonyl (C=O) groups is 1.